The van der Waals surface area contributed by atoms with Crippen LogP contribution in [-0.4, -0.2) is 16.0 Å². The van der Waals surface area contributed by atoms with Crippen molar-refractivity contribution < 1.29 is 8.78 Å². The minimum absolute atomic E-state index is 0.140. The van der Waals surface area contributed by atoms with Crippen LogP contribution in [-0.2, 0) is 12.4 Å². The van der Waals surface area contributed by atoms with E-state index in [1.807, 2.05) is 19.1 Å². The Hall–Kier alpha value is -1.16. The van der Waals surface area contributed by atoms with E-state index in [9.17, 15) is 8.78 Å². The first-order valence-electron chi connectivity index (χ1n) is 4.92. The molecular weight excluding hydrogens is 234 g/mol. The van der Waals surface area contributed by atoms with E-state index in [-0.39, 0.29) is 12.4 Å². The molecule has 1 aromatic carbocycles. The van der Waals surface area contributed by atoms with Crippen LogP contribution in [0.3, 0.4) is 0 Å². The Balaban J connectivity index is 2.64. The van der Waals surface area contributed by atoms with Crippen molar-refractivity contribution in [3.8, 4) is 0 Å². The normalized spacial score (nSPS) is 11.6. The van der Waals surface area contributed by atoms with Crippen LogP contribution in [0.25, 0.3) is 11.0 Å². The first-order valence-corrected chi connectivity index (χ1v) is 5.45. The monoisotopic (exact) mass is 244 g/mol. The summed E-state index contributed by atoms with van der Waals surface area (Å²) in [6.45, 7) is 1.54. The van der Waals surface area contributed by atoms with Crippen molar-refractivity contribution in [1.29, 1.82) is 0 Å². The molecule has 0 saturated heterocycles. The molecule has 0 spiro atoms. The molecule has 0 unspecified atom stereocenters. The van der Waals surface area contributed by atoms with E-state index in [2.05, 4.69) is 4.98 Å². The second-order valence-electron chi connectivity index (χ2n) is 3.61. The van der Waals surface area contributed by atoms with E-state index in [0.29, 0.717) is 5.82 Å². The standard InChI is InChI=1S/C11H11ClF2N2/c1-7-3-2-4-8-11(7)15-10(5-12)16(8)6-9(13)14/h2-4,9H,5-6H2,1H3. The number of para-hydroxylation sites is 1. The highest BCUT2D eigenvalue weighted by molar-refractivity contribution is 6.16. The predicted octanol–water partition coefficient (Wildman–Crippen LogP) is 3.35. The third-order valence-corrected chi connectivity index (χ3v) is 2.74. The fourth-order valence-corrected chi connectivity index (χ4v) is 1.98. The highest BCUT2D eigenvalue weighted by Gasteiger charge is 2.14. The highest BCUT2D eigenvalue weighted by Crippen LogP contribution is 2.21. The lowest BCUT2D eigenvalue weighted by molar-refractivity contribution is 0.127. The summed E-state index contributed by atoms with van der Waals surface area (Å²) < 4.78 is 26.4. The molecule has 1 aromatic heterocycles. The van der Waals surface area contributed by atoms with Crippen molar-refractivity contribution in [2.24, 2.45) is 0 Å². The lowest BCUT2D eigenvalue weighted by Crippen LogP contribution is -2.09. The van der Waals surface area contributed by atoms with Crippen LogP contribution in [0, 0.1) is 6.92 Å². The molecule has 2 aromatic rings. The van der Waals surface area contributed by atoms with Crippen molar-refractivity contribution in [3.05, 3.63) is 29.6 Å². The number of hydrogen-bond acceptors (Lipinski definition) is 1. The van der Waals surface area contributed by atoms with Gasteiger partial charge in [0.1, 0.15) is 5.82 Å². The van der Waals surface area contributed by atoms with Gasteiger partial charge in [-0.15, -0.1) is 11.6 Å². The van der Waals surface area contributed by atoms with Crippen LogP contribution in [0.15, 0.2) is 18.2 Å². The predicted molar refractivity (Wildman–Crippen MR) is 60.0 cm³/mol. The zero-order valence-corrected chi connectivity index (χ0v) is 9.51. The number of hydrogen-bond donors (Lipinski definition) is 0. The van der Waals surface area contributed by atoms with E-state index in [1.165, 1.54) is 4.57 Å². The molecule has 0 fully saturated rings. The molecule has 0 atom stereocenters. The summed E-state index contributed by atoms with van der Waals surface area (Å²) in [5.74, 6) is 0.632. The summed E-state index contributed by atoms with van der Waals surface area (Å²) in [6, 6.07) is 5.52. The number of fused-ring (bicyclic) bond motifs is 1. The molecule has 0 aliphatic heterocycles. The fourth-order valence-electron chi connectivity index (χ4n) is 1.78. The third kappa shape index (κ3) is 1.89. The molecule has 86 valence electrons. The number of rotatable bonds is 3. The lowest BCUT2D eigenvalue weighted by Gasteiger charge is -2.06. The first kappa shape index (κ1) is 11.3. The summed E-state index contributed by atoms with van der Waals surface area (Å²) in [6.07, 6.45) is -2.40. The molecule has 0 amide bonds. The average Bonchev–Trinajstić information content (AvgIpc) is 2.58. The van der Waals surface area contributed by atoms with Gasteiger partial charge < -0.3 is 4.57 Å². The van der Waals surface area contributed by atoms with E-state index in [0.717, 1.165) is 16.6 Å². The van der Waals surface area contributed by atoms with E-state index < -0.39 is 6.43 Å². The molecule has 0 radical (unpaired) electrons. The van der Waals surface area contributed by atoms with Gasteiger partial charge in [-0.25, -0.2) is 13.8 Å². The molecule has 0 saturated carbocycles. The van der Waals surface area contributed by atoms with E-state index >= 15 is 0 Å². The molecule has 0 aliphatic rings. The first-order chi connectivity index (χ1) is 7.63. The Morgan fingerprint density at radius 2 is 2.19 bits per heavy atom. The Morgan fingerprint density at radius 1 is 1.44 bits per heavy atom. The largest absolute Gasteiger partial charge is 0.321 e. The second-order valence-corrected chi connectivity index (χ2v) is 3.87. The van der Waals surface area contributed by atoms with Gasteiger partial charge in [0, 0.05) is 0 Å². The topological polar surface area (TPSA) is 17.8 Å². The molecule has 2 rings (SSSR count). The number of halogens is 3. The third-order valence-electron chi connectivity index (χ3n) is 2.50. The van der Waals surface area contributed by atoms with Gasteiger partial charge in [-0.1, -0.05) is 12.1 Å². The van der Waals surface area contributed by atoms with Gasteiger partial charge >= 0.3 is 0 Å². The molecule has 16 heavy (non-hydrogen) atoms. The Labute approximate surface area is 96.8 Å². The molecule has 2 nitrogen and oxygen atoms in total. The molecule has 5 heteroatoms. The lowest BCUT2D eigenvalue weighted by atomic mass is 10.2. The van der Waals surface area contributed by atoms with Gasteiger partial charge in [0.2, 0.25) is 0 Å². The maximum atomic E-state index is 12.5. The van der Waals surface area contributed by atoms with Gasteiger partial charge in [0.25, 0.3) is 6.43 Å². The molecule has 1 heterocycles. The SMILES string of the molecule is Cc1cccc2c1nc(CCl)n2CC(F)F. The maximum Gasteiger partial charge on any atom is 0.256 e. The minimum Gasteiger partial charge on any atom is -0.321 e. The second kappa shape index (κ2) is 4.37. The summed E-state index contributed by atoms with van der Waals surface area (Å²) in [5.41, 5.74) is 2.44. The summed E-state index contributed by atoms with van der Waals surface area (Å²) in [4.78, 5) is 4.28. The van der Waals surface area contributed by atoms with Gasteiger partial charge in [-0.3, -0.25) is 0 Å². The van der Waals surface area contributed by atoms with Crippen LogP contribution < -0.4 is 0 Å². The van der Waals surface area contributed by atoms with Gasteiger partial charge in [0.15, 0.2) is 0 Å². The summed E-state index contributed by atoms with van der Waals surface area (Å²) in [7, 11) is 0. The molecular formula is C11H11ClF2N2. The highest BCUT2D eigenvalue weighted by atomic mass is 35.5. The van der Waals surface area contributed by atoms with Crippen molar-refractivity contribution >= 4 is 22.6 Å². The molecule has 0 N–H and O–H groups in total. The van der Waals surface area contributed by atoms with Crippen molar-refractivity contribution in [2.45, 2.75) is 25.8 Å². The number of nitrogens with zero attached hydrogens (tertiary/aromatic N) is 2. The Kier molecular flexibility index (Phi) is 3.10. The van der Waals surface area contributed by atoms with Gasteiger partial charge in [0.05, 0.1) is 23.5 Å². The van der Waals surface area contributed by atoms with Crippen molar-refractivity contribution in [2.75, 3.05) is 0 Å². The zero-order valence-electron chi connectivity index (χ0n) is 8.75. The Bertz CT molecular complexity index is 508. The van der Waals surface area contributed by atoms with Crippen molar-refractivity contribution in [3.63, 3.8) is 0 Å². The van der Waals surface area contributed by atoms with Crippen LogP contribution in [0.1, 0.15) is 11.4 Å². The number of aromatic nitrogens is 2. The van der Waals surface area contributed by atoms with Crippen LogP contribution in [0.2, 0.25) is 0 Å². The minimum atomic E-state index is -2.40. The van der Waals surface area contributed by atoms with E-state index in [4.69, 9.17) is 11.6 Å². The van der Waals surface area contributed by atoms with Gasteiger partial charge in [-0.05, 0) is 18.6 Å². The number of alkyl halides is 3. The number of benzene rings is 1. The number of imidazole rings is 1. The van der Waals surface area contributed by atoms with E-state index in [1.54, 1.807) is 6.07 Å². The van der Waals surface area contributed by atoms with Crippen LogP contribution >= 0.6 is 11.6 Å². The maximum absolute atomic E-state index is 12.5. The summed E-state index contributed by atoms with van der Waals surface area (Å²) in [5, 5.41) is 0. The van der Waals surface area contributed by atoms with Crippen LogP contribution in [0.5, 0.6) is 0 Å². The quantitative estimate of drug-likeness (QED) is 0.757. The Morgan fingerprint density at radius 3 is 2.81 bits per heavy atom. The van der Waals surface area contributed by atoms with Gasteiger partial charge in [-0.2, -0.15) is 0 Å². The average molecular weight is 245 g/mol. The smallest absolute Gasteiger partial charge is 0.256 e. The molecule has 0 aliphatic carbocycles. The van der Waals surface area contributed by atoms with Crippen LogP contribution in [0.4, 0.5) is 8.78 Å². The molecule has 0 bridgehead atoms. The van der Waals surface area contributed by atoms with Crippen molar-refractivity contribution in [1.82, 2.24) is 9.55 Å². The fraction of sp³-hybridized carbons (Fsp3) is 0.364. The number of aryl methyl sites for hydroxylation is 1. The summed E-state index contributed by atoms with van der Waals surface area (Å²) >= 11 is 5.71. The zero-order chi connectivity index (χ0) is 11.7.